The van der Waals surface area contributed by atoms with Crippen LogP contribution in [-0.4, -0.2) is 62.9 Å². The van der Waals surface area contributed by atoms with Gasteiger partial charge in [-0.1, -0.05) is 20.8 Å². The van der Waals surface area contributed by atoms with Crippen molar-refractivity contribution in [3.63, 3.8) is 0 Å². The fourth-order valence-electron chi connectivity index (χ4n) is 1.12. The molecule has 17 heavy (non-hydrogen) atoms. The second-order valence-electron chi connectivity index (χ2n) is 6.47. The van der Waals surface area contributed by atoms with Crippen LogP contribution in [0.25, 0.3) is 0 Å². The lowest BCUT2D eigenvalue weighted by Gasteiger charge is -2.37. The molecule has 2 N–H and O–H groups in total. The van der Waals surface area contributed by atoms with Crippen molar-refractivity contribution in [2.24, 2.45) is 0 Å². The van der Waals surface area contributed by atoms with Gasteiger partial charge >= 0.3 is 0 Å². The van der Waals surface area contributed by atoms with Gasteiger partial charge in [-0.3, -0.25) is 0 Å². The molecular formula is C12H29NO3Si. The number of aliphatic hydroxyl groups excluding tert-OH is 2. The maximum Gasteiger partial charge on any atom is 0.192 e. The van der Waals surface area contributed by atoms with E-state index in [-0.39, 0.29) is 11.6 Å². The third-order valence-electron chi connectivity index (χ3n) is 3.42. The SMILES string of the molecule is CN(C)C[C@H](O)[C@@H](O)CO[Si](C)(C)C(C)(C)C. The fraction of sp³-hybridized carbons (Fsp3) is 1.00. The van der Waals surface area contributed by atoms with E-state index < -0.39 is 20.5 Å². The van der Waals surface area contributed by atoms with Crippen LogP contribution in [-0.2, 0) is 4.43 Å². The van der Waals surface area contributed by atoms with Gasteiger partial charge in [0.25, 0.3) is 0 Å². The highest BCUT2D eigenvalue weighted by atomic mass is 28.4. The monoisotopic (exact) mass is 263 g/mol. The summed E-state index contributed by atoms with van der Waals surface area (Å²) in [6, 6.07) is 0. The number of hydrogen-bond donors (Lipinski definition) is 2. The molecule has 0 heterocycles. The molecule has 104 valence electrons. The van der Waals surface area contributed by atoms with E-state index in [0.717, 1.165) is 0 Å². The molecule has 0 aromatic heterocycles. The van der Waals surface area contributed by atoms with Gasteiger partial charge in [0.1, 0.15) is 6.10 Å². The first-order chi connectivity index (χ1) is 7.47. The molecule has 0 aliphatic heterocycles. The summed E-state index contributed by atoms with van der Waals surface area (Å²) in [5, 5.41) is 19.7. The lowest BCUT2D eigenvalue weighted by atomic mass is 10.2. The molecule has 0 amide bonds. The van der Waals surface area contributed by atoms with Crippen molar-refractivity contribution in [1.29, 1.82) is 0 Å². The molecular weight excluding hydrogens is 234 g/mol. The zero-order valence-electron chi connectivity index (χ0n) is 12.3. The summed E-state index contributed by atoms with van der Waals surface area (Å²) in [7, 11) is 1.89. The Morgan fingerprint density at radius 1 is 1.12 bits per heavy atom. The quantitative estimate of drug-likeness (QED) is 0.709. The van der Waals surface area contributed by atoms with Crippen LogP contribution in [0.15, 0.2) is 0 Å². The van der Waals surface area contributed by atoms with E-state index in [0.29, 0.717) is 6.54 Å². The Bertz CT molecular complexity index is 226. The summed E-state index contributed by atoms with van der Waals surface area (Å²) in [6.07, 6.45) is -1.57. The smallest absolute Gasteiger partial charge is 0.192 e. The fourth-order valence-corrected chi connectivity index (χ4v) is 2.14. The van der Waals surface area contributed by atoms with Crippen molar-refractivity contribution in [3.05, 3.63) is 0 Å². The Balaban J connectivity index is 4.20. The normalized spacial score (nSPS) is 17.3. The highest BCUT2D eigenvalue weighted by molar-refractivity contribution is 6.74. The van der Waals surface area contributed by atoms with Gasteiger partial charge < -0.3 is 19.5 Å². The molecule has 0 saturated carbocycles. The Morgan fingerprint density at radius 2 is 1.59 bits per heavy atom. The van der Waals surface area contributed by atoms with Gasteiger partial charge in [0.15, 0.2) is 8.32 Å². The lowest BCUT2D eigenvalue weighted by molar-refractivity contribution is -0.0209. The van der Waals surface area contributed by atoms with Crippen LogP contribution in [0.1, 0.15) is 20.8 Å². The molecule has 0 aromatic rings. The van der Waals surface area contributed by atoms with E-state index in [1.807, 2.05) is 19.0 Å². The predicted octanol–water partition coefficient (Wildman–Crippen LogP) is 1.29. The average Bonchev–Trinajstić information content (AvgIpc) is 2.11. The van der Waals surface area contributed by atoms with Crippen molar-refractivity contribution in [3.8, 4) is 0 Å². The molecule has 2 atom stereocenters. The number of nitrogens with zero attached hydrogens (tertiary/aromatic N) is 1. The first-order valence-electron chi connectivity index (χ1n) is 6.12. The van der Waals surface area contributed by atoms with Crippen LogP contribution in [0, 0.1) is 0 Å². The summed E-state index contributed by atoms with van der Waals surface area (Å²) in [4.78, 5) is 1.85. The first kappa shape index (κ1) is 17.1. The highest BCUT2D eigenvalue weighted by Gasteiger charge is 2.37. The third kappa shape index (κ3) is 5.97. The van der Waals surface area contributed by atoms with Crippen LogP contribution in [0.5, 0.6) is 0 Å². The summed E-state index contributed by atoms with van der Waals surface area (Å²) >= 11 is 0. The Morgan fingerprint density at radius 3 is 1.94 bits per heavy atom. The van der Waals surface area contributed by atoms with Crippen molar-refractivity contribution in [1.82, 2.24) is 4.90 Å². The Labute approximate surface area is 107 Å². The van der Waals surface area contributed by atoms with Gasteiger partial charge in [0.05, 0.1) is 12.7 Å². The summed E-state index contributed by atoms with van der Waals surface area (Å²) in [5.74, 6) is 0. The number of likely N-dealkylation sites (N-methyl/N-ethyl adjacent to an activating group) is 1. The van der Waals surface area contributed by atoms with Crippen molar-refractivity contribution < 1.29 is 14.6 Å². The second-order valence-corrected chi connectivity index (χ2v) is 11.3. The van der Waals surface area contributed by atoms with Crippen molar-refractivity contribution >= 4 is 8.32 Å². The molecule has 0 unspecified atom stereocenters. The number of hydrogen-bond acceptors (Lipinski definition) is 4. The standard InChI is InChI=1S/C12H29NO3Si/c1-12(2,3)17(6,7)16-9-11(15)10(14)8-13(4)5/h10-11,14-15H,8-9H2,1-7H3/t10-,11-/m0/s1. The van der Waals surface area contributed by atoms with Gasteiger partial charge in [0.2, 0.25) is 0 Å². The molecule has 5 heteroatoms. The molecule has 0 aromatic carbocycles. The second kappa shape index (κ2) is 6.29. The zero-order valence-corrected chi connectivity index (χ0v) is 13.3. The van der Waals surface area contributed by atoms with E-state index in [9.17, 15) is 10.2 Å². The third-order valence-corrected chi connectivity index (χ3v) is 7.92. The number of rotatable bonds is 6. The van der Waals surface area contributed by atoms with Gasteiger partial charge in [-0.15, -0.1) is 0 Å². The zero-order chi connectivity index (χ0) is 13.9. The maximum absolute atomic E-state index is 9.82. The molecule has 0 rings (SSSR count). The minimum atomic E-state index is -1.84. The van der Waals surface area contributed by atoms with Crippen LogP contribution in [0.4, 0.5) is 0 Å². The van der Waals surface area contributed by atoms with Gasteiger partial charge in [-0.2, -0.15) is 0 Å². The van der Waals surface area contributed by atoms with Crippen LogP contribution >= 0.6 is 0 Å². The average molecular weight is 263 g/mol. The van der Waals surface area contributed by atoms with Gasteiger partial charge in [-0.05, 0) is 32.2 Å². The molecule has 0 spiro atoms. The molecule has 0 saturated heterocycles. The largest absolute Gasteiger partial charge is 0.414 e. The van der Waals surface area contributed by atoms with Crippen molar-refractivity contribution in [2.75, 3.05) is 27.2 Å². The van der Waals surface area contributed by atoms with Gasteiger partial charge in [-0.25, -0.2) is 0 Å². The van der Waals surface area contributed by atoms with Crippen LogP contribution in [0.2, 0.25) is 18.1 Å². The van der Waals surface area contributed by atoms with E-state index in [1.165, 1.54) is 0 Å². The first-order valence-corrected chi connectivity index (χ1v) is 9.03. The Hall–Kier alpha value is 0.0569. The van der Waals surface area contributed by atoms with E-state index >= 15 is 0 Å². The number of aliphatic hydroxyl groups is 2. The van der Waals surface area contributed by atoms with Crippen LogP contribution in [0.3, 0.4) is 0 Å². The van der Waals surface area contributed by atoms with E-state index in [4.69, 9.17) is 4.43 Å². The van der Waals surface area contributed by atoms with Crippen LogP contribution < -0.4 is 0 Å². The molecule has 0 bridgehead atoms. The van der Waals surface area contributed by atoms with Crippen molar-refractivity contribution in [2.45, 2.75) is 51.1 Å². The molecule has 0 fully saturated rings. The van der Waals surface area contributed by atoms with Gasteiger partial charge in [0, 0.05) is 6.54 Å². The molecule has 0 aliphatic rings. The minimum Gasteiger partial charge on any atom is -0.414 e. The lowest BCUT2D eigenvalue weighted by Crippen LogP contribution is -2.46. The van der Waals surface area contributed by atoms with E-state index in [1.54, 1.807) is 0 Å². The predicted molar refractivity (Wildman–Crippen MR) is 73.7 cm³/mol. The molecule has 4 nitrogen and oxygen atoms in total. The minimum absolute atomic E-state index is 0.124. The summed E-state index contributed by atoms with van der Waals surface area (Å²) in [6.45, 7) is 11.4. The topological polar surface area (TPSA) is 52.9 Å². The Kier molecular flexibility index (Phi) is 6.31. The highest BCUT2D eigenvalue weighted by Crippen LogP contribution is 2.36. The summed E-state index contributed by atoms with van der Waals surface area (Å²) < 4.78 is 5.87. The summed E-state index contributed by atoms with van der Waals surface area (Å²) in [5.41, 5.74) is 0. The molecule has 0 aliphatic carbocycles. The van der Waals surface area contributed by atoms with E-state index in [2.05, 4.69) is 33.9 Å². The molecule has 0 radical (unpaired) electrons. The maximum atomic E-state index is 9.82.